The fourth-order valence-corrected chi connectivity index (χ4v) is 2.44. The molecule has 0 atom stereocenters. The van der Waals surface area contributed by atoms with E-state index in [1.165, 1.54) is 6.20 Å². The van der Waals surface area contributed by atoms with Gasteiger partial charge in [0.25, 0.3) is 5.91 Å². The minimum absolute atomic E-state index is 0.129. The number of halogens is 3. The first kappa shape index (κ1) is 16.4. The van der Waals surface area contributed by atoms with Gasteiger partial charge in [-0.05, 0) is 65.1 Å². The summed E-state index contributed by atoms with van der Waals surface area (Å²) in [6, 6.07) is 8.47. The molecule has 1 aromatic carbocycles. The summed E-state index contributed by atoms with van der Waals surface area (Å²) in [5.41, 5.74) is 0.358. The number of nitrogens with one attached hydrogen (secondary N) is 2. The van der Waals surface area contributed by atoms with Crippen LogP contribution >= 0.6 is 58.0 Å². The third-order valence-corrected chi connectivity index (χ3v) is 3.80. The van der Waals surface area contributed by atoms with Crippen LogP contribution in [0.15, 0.2) is 36.5 Å². The van der Waals surface area contributed by atoms with Crippen LogP contribution in [0.25, 0.3) is 0 Å². The number of hydrogen-bond donors (Lipinski definition) is 2. The molecule has 1 aromatic heterocycles. The zero-order valence-electron chi connectivity index (χ0n) is 10.4. The van der Waals surface area contributed by atoms with Crippen LogP contribution in [0.5, 0.6) is 0 Å². The number of thiocarbonyl (C=S) groups is 1. The molecular formula is C13H8Cl2IN3OS. The van der Waals surface area contributed by atoms with Crippen molar-refractivity contribution in [2.45, 2.75) is 0 Å². The van der Waals surface area contributed by atoms with E-state index in [1.807, 2.05) is 6.07 Å². The average Bonchev–Trinajstić information content (AvgIpc) is 2.44. The number of carbonyl (C=O) groups is 1. The molecule has 0 aliphatic heterocycles. The Bertz CT molecular complexity index is 694. The second-order valence-corrected chi connectivity index (χ2v) is 6.39. The van der Waals surface area contributed by atoms with Crippen LogP contribution in [0.1, 0.15) is 10.4 Å². The van der Waals surface area contributed by atoms with E-state index in [1.54, 1.807) is 24.3 Å². The maximum Gasteiger partial charge on any atom is 0.258 e. The number of amides is 1. The summed E-state index contributed by atoms with van der Waals surface area (Å²) in [6.07, 6.45) is 1.48. The Morgan fingerprint density at radius 3 is 2.67 bits per heavy atom. The molecule has 0 saturated heterocycles. The Hall–Kier alpha value is -0.960. The molecule has 1 amide bonds. The Morgan fingerprint density at radius 2 is 2.00 bits per heavy atom. The normalized spacial score (nSPS) is 10.0. The molecule has 0 bridgehead atoms. The highest BCUT2D eigenvalue weighted by molar-refractivity contribution is 14.1. The first-order valence-corrected chi connectivity index (χ1v) is 7.89. The van der Waals surface area contributed by atoms with Crippen molar-refractivity contribution in [3.63, 3.8) is 0 Å². The lowest BCUT2D eigenvalue weighted by Gasteiger charge is -2.10. The van der Waals surface area contributed by atoms with E-state index in [-0.39, 0.29) is 11.0 Å². The van der Waals surface area contributed by atoms with Gasteiger partial charge in [0.15, 0.2) is 5.11 Å². The standard InChI is InChI=1S/C13H8Cl2IN3OS/c14-7-1-4-11(17-6-7)18-13(21)19-12(20)9-5-8(16)2-3-10(9)15/h1-6H,(H2,17,18,19,20,21). The van der Waals surface area contributed by atoms with Crippen LogP contribution in [0.3, 0.4) is 0 Å². The molecule has 2 rings (SSSR count). The summed E-state index contributed by atoms with van der Waals surface area (Å²) < 4.78 is 0.903. The number of benzene rings is 1. The summed E-state index contributed by atoms with van der Waals surface area (Å²) in [7, 11) is 0. The molecule has 2 aromatic rings. The lowest BCUT2D eigenvalue weighted by molar-refractivity contribution is 0.0978. The molecule has 2 N–H and O–H groups in total. The summed E-state index contributed by atoms with van der Waals surface area (Å²) >= 11 is 18.9. The van der Waals surface area contributed by atoms with E-state index >= 15 is 0 Å². The van der Waals surface area contributed by atoms with Crippen LogP contribution in [0.2, 0.25) is 10.0 Å². The quantitative estimate of drug-likeness (QED) is 0.532. The molecule has 21 heavy (non-hydrogen) atoms. The Kier molecular flexibility index (Phi) is 5.74. The van der Waals surface area contributed by atoms with Crippen molar-refractivity contribution in [3.05, 3.63) is 55.7 Å². The zero-order chi connectivity index (χ0) is 15.4. The molecule has 8 heteroatoms. The number of rotatable bonds is 2. The van der Waals surface area contributed by atoms with Gasteiger partial charge in [-0.3, -0.25) is 10.1 Å². The fourth-order valence-electron chi connectivity index (χ4n) is 1.44. The van der Waals surface area contributed by atoms with Crippen LogP contribution in [-0.4, -0.2) is 16.0 Å². The van der Waals surface area contributed by atoms with Gasteiger partial charge in [0.05, 0.1) is 15.6 Å². The SMILES string of the molecule is O=C(NC(=S)Nc1ccc(Cl)cn1)c1cc(I)ccc1Cl. The van der Waals surface area contributed by atoms with E-state index < -0.39 is 0 Å². The summed E-state index contributed by atoms with van der Waals surface area (Å²) in [6.45, 7) is 0. The lowest BCUT2D eigenvalue weighted by Crippen LogP contribution is -2.34. The van der Waals surface area contributed by atoms with E-state index in [0.717, 1.165) is 3.57 Å². The van der Waals surface area contributed by atoms with Crippen molar-refractivity contribution in [1.29, 1.82) is 0 Å². The predicted octanol–water partition coefficient (Wildman–Crippen LogP) is 4.12. The minimum Gasteiger partial charge on any atom is -0.317 e. The Morgan fingerprint density at radius 1 is 1.24 bits per heavy atom. The van der Waals surface area contributed by atoms with E-state index in [0.29, 0.717) is 21.4 Å². The molecule has 1 heterocycles. The molecule has 4 nitrogen and oxygen atoms in total. The topological polar surface area (TPSA) is 54.0 Å². The maximum absolute atomic E-state index is 12.1. The fraction of sp³-hybridized carbons (Fsp3) is 0. The molecule has 108 valence electrons. The molecule has 0 spiro atoms. The number of aromatic nitrogens is 1. The first-order valence-electron chi connectivity index (χ1n) is 5.64. The van der Waals surface area contributed by atoms with E-state index in [4.69, 9.17) is 35.4 Å². The number of hydrogen-bond acceptors (Lipinski definition) is 3. The summed E-state index contributed by atoms with van der Waals surface area (Å²) in [5, 5.41) is 6.34. The molecule has 0 radical (unpaired) electrons. The monoisotopic (exact) mass is 451 g/mol. The summed E-state index contributed by atoms with van der Waals surface area (Å²) in [5.74, 6) is 0.100. The molecule has 0 aliphatic rings. The molecule has 0 aliphatic carbocycles. The number of pyridine rings is 1. The third kappa shape index (κ3) is 4.77. The Balaban J connectivity index is 2.03. The van der Waals surface area contributed by atoms with E-state index in [2.05, 4.69) is 38.2 Å². The van der Waals surface area contributed by atoms with Crippen molar-refractivity contribution in [1.82, 2.24) is 10.3 Å². The highest BCUT2D eigenvalue weighted by Gasteiger charge is 2.12. The summed E-state index contributed by atoms with van der Waals surface area (Å²) in [4.78, 5) is 16.1. The number of nitrogens with zero attached hydrogens (tertiary/aromatic N) is 1. The number of anilines is 1. The van der Waals surface area contributed by atoms with Crippen LogP contribution in [0, 0.1) is 3.57 Å². The zero-order valence-corrected chi connectivity index (χ0v) is 14.8. The molecule has 0 fully saturated rings. The van der Waals surface area contributed by atoms with Gasteiger partial charge < -0.3 is 5.32 Å². The number of carbonyl (C=O) groups excluding carboxylic acids is 1. The van der Waals surface area contributed by atoms with Crippen molar-refractivity contribution < 1.29 is 4.79 Å². The average molecular weight is 452 g/mol. The molecular weight excluding hydrogens is 444 g/mol. The van der Waals surface area contributed by atoms with Crippen molar-refractivity contribution >= 4 is 74.8 Å². The maximum atomic E-state index is 12.1. The third-order valence-electron chi connectivity index (χ3n) is 2.37. The van der Waals surface area contributed by atoms with Gasteiger partial charge in [-0.2, -0.15) is 0 Å². The van der Waals surface area contributed by atoms with Gasteiger partial charge in [0.1, 0.15) is 5.82 Å². The highest BCUT2D eigenvalue weighted by atomic mass is 127. The van der Waals surface area contributed by atoms with Crippen LogP contribution in [0.4, 0.5) is 5.82 Å². The van der Waals surface area contributed by atoms with Crippen LogP contribution in [-0.2, 0) is 0 Å². The van der Waals surface area contributed by atoms with Gasteiger partial charge in [0.2, 0.25) is 0 Å². The van der Waals surface area contributed by atoms with Gasteiger partial charge >= 0.3 is 0 Å². The second kappa shape index (κ2) is 7.35. The predicted molar refractivity (Wildman–Crippen MR) is 97.1 cm³/mol. The smallest absolute Gasteiger partial charge is 0.258 e. The van der Waals surface area contributed by atoms with Gasteiger partial charge in [-0.15, -0.1) is 0 Å². The molecule has 0 saturated carbocycles. The largest absolute Gasteiger partial charge is 0.317 e. The van der Waals surface area contributed by atoms with Gasteiger partial charge in [0, 0.05) is 9.77 Å². The van der Waals surface area contributed by atoms with Gasteiger partial charge in [-0.1, -0.05) is 23.2 Å². The van der Waals surface area contributed by atoms with Gasteiger partial charge in [-0.25, -0.2) is 4.98 Å². The van der Waals surface area contributed by atoms with Crippen LogP contribution < -0.4 is 10.6 Å². The lowest BCUT2D eigenvalue weighted by atomic mass is 10.2. The first-order chi connectivity index (χ1) is 9.95. The van der Waals surface area contributed by atoms with Crippen molar-refractivity contribution in [2.75, 3.05) is 5.32 Å². The molecule has 0 unspecified atom stereocenters. The minimum atomic E-state index is -0.384. The Labute approximate surface area is 150 Å². The van der Waals surface area contributed by atoms with Crippen molar-refractivity contribution in [2.24, 2.45) is 0 Å². The second-order valence-electron chi connectivity index (χ2n) is 3.89. The van der Waals surface area contributed by atoms with E-state index in [9.17, 15) is 4.79 Å². The highest BCUT2D eigenvalue weighted by Crippen LogP contribution is 2.18. The van der Waals surface area contributed by atoms with Crippen molar-refractivity contribution in [3.8, 4) is 0 Å².